The van der Waals surface area contributed by atoms with Crippen LogP contribution >= 0.6 is 0 Å². The van der Waals surface area contributed by atoms with E-state index < -0.39 is 29.3 Å². The fourth-order valence-corrected chi connectivity index (χ4v) is 2.14. The molecule has 2 rings (SSSR count). The summed E-state index contributed by atoms with van der Waals surface area (Å²) in [5.41, 5.74) is -1.60. The van der Waals surface area contributed by atoms with Gasteiger partial charge < -0.3 is 15.7 Å². The van der Waals surface area contributed by atoms with E-state index in [1.54, 1.807) is 12.2 Å². The molecule has 0 aliphatic heterocycles. The van der Waals surface area contributed by atoms with Crippen LogP contribution in [0.4, 0.5) is 28.0 Å². The first-order chi connectivity index (χ1) is 10.3. The van der Waals surface area contributed by atoms with Crippen LogP contribution in [0, 0.1) is 11.7 Å². The van der Waals surface area contributed by atoms with Crippen LogP contribution < -0.4 is 10.6 Å². The second-order valence-electron chi connectivity index (χ2n) is 4.96. The molecule has 0 saturated carbocycles. The molecule has 1 aliphatic carbocycles. The number of hydrogen-bond acceptors (Lipinski definition) is 2. The Labute approximate surface area is 123 Å². The Kier molecular flexibility index (Phi) is 4.70. The Morgan fingerprint density at radius 2 is 2.05 bits per heavy atom. The lowest BCUT2D eigenvalue weighted by Crippen LogP contribution is -2.36. The van der Waals surface area contributed by atoms with Crippen molar-refractivity contribution in [2.24, 2.45) is 5.92 Å². The van der Waals surface area contributed by atoms with Crippen LogP contribution in [0.3, 0.4) is 0 Å². The molecule has 2 amide bonds. The SMILES string of the molecule is O=C(Nc1cc(C(F)(F)F)ccc1F)N[C@@H]1C=C[C@H](CO)C1. The maximum Gasteiger partial charge on any atom is 0.416 e. The largest absolute Gasteiger partial charge is 0.416 e. The van der Waals surface area contributed by atoms with Crippen molar-refractivity contribution in [3.8, 4) is 0 Å². The summed E-state index contributed by atoms with van der Waals surface area (Å²) in [4.78, 5) is 11.7. The minimum atomic E-state index is -4.62. The summed E-state index contributed by atoms with van der Waals surface area (Å²) < 4.78 is 51.2. The van der Waals surface area contributed by atoms with E-state index in [1.807, 2.05) is 0 Å². The molecule has 0 aromatic heterocycles. The van der Waals surface area contributed by atoms with Gasteiger partial charge in [-0.15, -0.1) is 0 Å². The molecule has 22 heavy (non-hydrogen) atoms. The minimum absolute atomic E-state index is 0.0570. The monoisotopic (exact) mass is 318 g/mol. The van der Waals surface area contributed by atoms with Gasteiger partial charge in [-0.3, -0.25) is 0 Å². The average Bonchev–Trinajstić information content (AvgIpc) is 2.87. The van der Waals surface area contributed by atoms with E-state index >= 15 is 0 Å². The first kappa shape index (κ1) is 16.3. The van der Waals surface area contributed by atoms with Gasteiger partial charge in [-0.05, 0) is 24.6 Å². The van der Waals surface area contributed by atoms with Crippen molar-refractivity contribution < 1.29 is 27.5 Å². The highest BCUT2D eigenvalue weighted by molar-refractivity contribution is 5.89. The quantitative estimate of drug-likeness (QED) is 0.593. The molecule has 0 saturated heterocycles. The maximum absolute atomic E-state index is 13.5. The number of carbonyl (C=O) groups excluding carboxylic acids is 1. The Morgan fingerprint density at radius 1 is 1.32 bits per heavy atom. The maximum atomic E-state index is 13.5. The summed E-state index contributed by atoms with van der Waals surface area (Å²) in [7, 11) is 0. The standard InChI is InChI=1S/C14H14F4N2O2/c15-11-4-2-9(14(16,17)18)6-12(11)20-13(22)19-10-3-1-8(5-10)7-21/h1-4,6,8,10,21H,5,7H2,(H2,19,20,22)/t8-,10+/m0/s1. The van der Waals surface area contributed by atoms with Gasteiger partial charge in [0.25, 0.3) is 0 Å². The summed E-state index contributed by atoms with van der Waals surface area (Å²) in [6, 6.07) is 0.618. The van der Waals surface area contributed by atoms with Gasteiger partial charge in [0.2, 0.25) is 0 Å². The predicted molar refractivity (Wildman–Crippen MR) is 71.7 cm³/mol. The number of anilines is 1. The smallest absolute Gasteiger partial charge is 0.396 e. The number of rotatable bonds is 3. The molecule has 2 atom stereocenters. The van der Waals surface area contributed by atoms with E-state index in [4.69, 9.17) is 5.11 Å². The van der Waals surface area contributed by atoms with E-state index in [2.05, 4.69) is 10.6 Å². The number of amides is 2. The molecule has 1 aromatic carbocycles. The Morgan fingerprint density at radius 3 is 2.64 bits per heavy atom. The van der Waals surface area contributed by atoms with E-state index in [-0.39, 0.29) is 18.6 Å². The number of urea groups is 1. The van der Waals surface area contributed by atoms with Crippen LogP contribution in [0.15, 0.2) is 30.4 Å². The molecule has 1 aliphatic rings. The van der Waals surface area contributed by atoms with Crippen LogP contribution in [0.25, 0.3) is 0 Å². The summed E-state index contributed by atoms with van der Waals surface area (Å²) in [6.07, 6.45) is -0.739. The van der Waals surface area contributed by atoms with Gasteiger partial charge >= 0.3 is 12.2 Å². The number of alkyl halides is 3. The van der Waals surface area contributed by atoms with Crippen LogP contribution in [0.5, 0.6) is 0 Å². The van der Waals surface area contributed by atoms with Crippen molar-refractivity contribution in [3.05, 3.63) is 41.7 Å². The topological polar surface area (TPSA) is 61.4 Å². The van der Waals surface area contributed by atoms with Gasteiger partial charge in [-0.25, -0.2) is 9.18 Å². The summed E-state index contributed by atoms with van der Waals surface area (Å²) in [6.45, 7) is -0.0570. The third-order valence-corrected chi connectivity index (χ3v) is 3.27. The highest BCUT2D eigenvalue weighted by atomic mass is 19.4. The number of nitrogens with one attached hydrogen (secondary N) is 2. The number of aliphatic hydroxyl groups is 1. The molecule has 0 unspecified atom stereocenters. The second-order valence-corrected chi connectivity index (χ2v) is 4.96. The van der Waals surface area contributed by atoms with Crippen LogP contribution in [-0.4, -0.2) is 23.8 Å². The van der Waals surface area contributed by atoms with Crippen molar-refractivity contribution in [1.29, 1.82) is 0 Å². The molecular weight excluding hydrogens is 304 g/mol. The van der Waals surface area contributed by atoms with Gasteiger partial charge in [0.1, 0.15) is 5.82 Å². The van der Waals surface area contributed by atoms with E-state index in [1.165, 1.54) is 0 Å². The second kappa shape index (κ2) is 6.35. The third kappa shape index (κ3) is 3.97. The summed E-state index contributed by atoms with van der Waals surface area (Å²) in [5.74, 6) is -1.03. The Bertz CT molecular complexity index is 587. The van der Waals surface area contributed by atoms with Gasteiger partial charge in [-0.2, -0.15) is 13.2 Å². The molecule has 120 valence electrons. The zero-order valence-electron chi connectivity index (χ0n) is 11.3. The molecule has 4 nitrogen and oxygen atoms in total. The molecule has 3 N–H and O–H groups in total. The summed E-state index contributed by atoms with van der Waals surface area (Å²) >= 11 is 0. The fourth-order valence-electron chi connectivity index (χ4n) is 2.14. The Hall–Kier alpha value is -2.09. The average molecular weight is 318 g/mol. The van der Waals surface area contributed by atoms with Crippen molar-refractivity contribution in [3.63, 3.8) is 0 Å². The number of benzene rings is 1. The first-order valence-corrected chi connectivity index (χ1v) is 6.53. The summed E-state index contributed by atoms with van der Waals surface area (Å²) in [5, 5.41) is 13.5. The van der Waals surface area contributed by atoms with E-state index in [0.29, 0.717) is 24.6 Å². The van der Waals surface area contributed by atoms with Crippen molar-refractivity contribution in [1.82, 2.24) is 5.32 Å². The van der Waals surface area contributed by atoms with Crippen molar-refractivity contribution >= 4 is 11.7 Å². The molecule has 0 radical (unpaired) electrons. The van der Waals surface area contributed by atoms with Crippen molar-refractivity contribution in [2.75, 3.05) is 11.9 Å². The van der Waals surface area contributed by atoms with Crippen LogP contribution in [0.1, 0.15) is 12.0 Å². The predicted octanol–water partition coefficient (Wildman–Crippen LogP) is 2.90. The lowest BCUT2D eigenvalue weighted by atomic mass is 10.1. The lowest BCUT2D eigenvalue weighted by Gasteiger charge is -2.15. The van der Waals surface area contributed by atoms with Gasteiger partial charge in [-0.1, -0.05) is 12.2 Å². The first-order valence-electron chi connectivity index (χ1n) is 6.53. The van der Waals surface area contributed by atoms with Gasteiger partial charge in [0.05, 0.1) is 11.3 Å². The van der Waals surface area contributed by atoms with Crippen LogP contribution in [0.2, 0.25) is 0 Å². The third-order valence-electron chi connectivity index (χ3n) is 3.27. The number of aliphatic hydroxyl groups excluding tert-OH is 1. The fraction of sp³-hybridized carbons (Fsp3) is 0.357. The number of hydrogen-bond donors (Lipinski definition) is 3. The highest BCUT2D eigenvalue weighted by Crippen LogP contribution is 2.31. The zero-order valence-corrected chi connectivity index (χ0v) is 11.3. The highest BCUT2D eigenvalue weighted by Gasteiger charge is 2.31. The number of carbonyl (C=O) groups is 1. The van der Waals surface area contributed by atoms with Gasteiger partial charge in [0, 0.05) is 18.6 Å². The molecule has 0 fully saturated rings. The molecule has 1 aromatic rings. The Balaban J connectivity index is 2.01. The minimum Gasteiger partial charge on any atom is -0.396 e. The van der Waals surface area contributed by atoms with Crippen molar-refractivity contribution in [2.45, 2.75) is 18.6 Å². The molecule has 0 bridgehead atoms. The zero-order chi connectivity index (χ0) is 16.3. The number of halogens is 4. The van der Waals surface area contributed by atoms with E-state index in [9.17, 15) is 22.4 Å². The molecule has 0 spiro atoms. The van der Waals surface area contributed by atoms with Crippen LogP contribution in [-0.2, 0) is 6.18 Å². The molecule has 0 heterocycles. The molecule has 8 heteroatoms. The van der Waals surface area contributed by atoms with Gasteiger partial charge in [0.15, 0.2) is 0 Å². The molecular formula is C14H14F4N2O2. The van der Waals surface area contributed by atoms with E-state index in [0.717, 1.165) is 0 Å². The normalized spacial score (nSPS) is 21.0. The lowest BCUT2D eigenvalue weighted by molar-refractivity contribution is -0.137.